The molecule has 5 heteroatoms. The molecule has 94 valence electrons. The maximum atomic E-state index is 10.6. The largest absolute Gasteiger partial charge is 0.497 e. The van der Waals surface area contributed by atoms with Crippen molar-refractivity contribution < 1.29 is 24.5 Å². The molecule has 5 nitrogen and oxygen atoms in total. The molecule has 0 bridgehead atoms. The average molecular weight is 240 g/mol. The number of benzene rings is 1. The van der Waals surface area contributed by atoms with E-state index in [1.165, 1.54) is 7.11 Å². The number of aliphatic hydroxyl groups is 1. The molecule has 0 aliphatic heterocycles. The van der Waals surface area contributed by atoms with Crippen molar-refractivity contribution in [3.8, 4) is 11.5 Å². The number of aryl methyl sites for hydroxylation is 1. The molecule has 2 N–H and O–H groups in total. The highest BCUT2D eigenvalue weighted by Gasteiger charge is 2.18. The van der Waals surface area contributed by atoms with Crippen LogP contribution in [0.25, 0.3) is 0 Å². The Kier molecular flexibility index (Phi) is 4.34. The Balaban J connectivity index is 3.09. The second-order valence-electron chi connectivity index (χ2n) is 3.68. The van der Waals surface area contributed by atoms with E-state index in [2.05, 4.69) is 0 Å². The van der Waals surface area contributed by atoms with Gasteiger partial charge in [0, 0.05) is 18.1 Å². The lowest BCUT2D eigenvalue weighted by Crippen LogP contribution is -2.22. The zero-order valence-corrected chi connectivity index (χ0v) is 10.1. The van der Waals surface area contributed by atoms with Gasteiger partial charge in [-0.3, -0.25) is 0 Å². The first-order valence-electron chi connectivity index (χ1n) is 5.12. The number of methoxy groups -OCH3 is 2. The van der Waals surface area contributed by atoms with E-state index in [9.17, 15) is 9.90 Å². The van der Waals surface area contributed by atoms with Gasteiger partial charge in [-0.25, -0.2) is 4.79 Å². The van der Waals surface area contributed by atoms with Crippen molar-refractivity contribution in [2.24, 2.45) is 0 Å². The van der Waals surface area contributed by atoms with Gasteiger partial charge in [-0.05, 0) is 18.6 Å². The van der Waals surface area contributed by atoms with Crippen LogP contribution in [0.5, 0.6) is 11.5 Å². The maximum Gasteiger partial charge on any atom is 0.332 e. The van der Waals surface area contributed by atoms with Gasteiger partial charge in [-0.2, -0.15) is 0 Å². The topological polar surface area (TPSA) is 76.0 Å². The van der Waals surface area contributed by atoms with Gasteiger partial charge in [0.25, 0.3) is 0 Å². The first kappa shape index (κ1) is 13.3. The van der Waals surface area contributed by atoms with Crippen LogP contribution in [0.2, 0.25) is 0 Å². The summed E-state index contributed by atoms with van der Waals surface area (Å²) in [7, 11) is 3.03. The van der Waals surface area contributed by atoms with Crippen LogP contribution in [0.4, 0.5) is 0 Å². The molecule has 0 aromatic heterocycles. The maximum absolute atomic E-state index is 10.6. The third-order valence-electron chi connectivity index (χ3n) is 2.54. The number of aliphatic hydroxyl groups excluding tert-OH is 1. The standard InChI is InChI=1S/C12H16O5/c1-7-4-8(16-2)5-11(17-3)9(7)6-10(13)12(14)15/h4-5,10,13H,6H2,1-3H3,(H,14,15). The predicted octanol–water partition coefficient (Wildman–Crippen LogP) is 1.00. The van der Waals surface area contributed by atoms with Gasteiger partial charge in [0.1, 0.15) is 11.5 Å². The third-order valence-corrected chi connectivity index (χ3v) is 2.54. The predicted molar refractivity (Wildman–Crippen MR) is 61.6 cm³/mol. The van der Waals surface area contributed by atoms with E-state index < -0.39 is 12.1 Å². The van der Waals surface area contributed by atoms with Crippen LogP contribution in [-0.4, -0.2) is 36.5 Å². The second kappa shape index (κ2) is 5.54. The lowest BCUT2D eigenvalue weighted by molar-refractivity contribution is -0.146. The fourth-order valence-corrected chi connectivity index (χ4v) is 1.60. The van der Waals surface area contributed by atoms with Crippen molar-refractivity contribution in [3.05, 3.63) is 23.3 Å². The highest BCUT2D eigenvalue weighted by atomic mass is 16.5. The first-order valence-corrected chi connectivity index (χ1v) is 5.12. The molecule has 0 spiro atoms. The van der Waals surface area contributed by atoms with Crippen LogP contribution < -0.4 is 9.47 Å². The molecule has 1 aromatic carbocycles. The summed E-state index contributed by atoms with van der Waals surface area (Å²) < 4.78 is 10.3. The lowest BCUT2D eigenvalue weighted by Gasteiger charge is -2.15. The SMILES string of the molecule is COc1cc(C)c(CC(O)C(=O)O)c(OC)c1. The molecule has 0 saturated carbocycles. The third kappa shape index (κ3) is 3.10. The Labute approximate surface area is 99.6 Å². The zero-order valence-electron chi connectivity index (χ0n) is 10.1. The molecule has 0 aliphatic rings. The molecule has 1 atom stereocenters. The van der Waals surface area contributed by atoms with E-state index in [1.807, 2.05) is 6.92 Å². The summed E-state index contributed by atoms with van der Waals surface area (Å²) >= 11 is 0. The number of hydrogen-bond donors (Lipinski definition) is 2. The summed E-state index contributed by atoms with van der Waals surface area (Å²) in [6, 6.07) is 3.43. The molecule has 0 saturated heterocycles. The summed E-state index contributed by atoms with van der Waals surface area (Å²) in [6.07, 6.45) is -1.43. The normalized spacial score (nSPS) is 12.0. The number of ether oxygens (including phenoxy) is 2. The molecule has 0 amide bonds. The summed E-state index contributed by atoms with van der Waals surface area (Å²) in [5.74, 6) is -0.0997. The fourth-order valence-electron chi connectivity index (χ4n) is 1.60. The van der Waals surface area contributed by atoms with Crippen molar-refractivity contribution in [2.45, 2.75) is 19.4 Å². The van der Waals surface area contributed by atoms with E-state index >= 15 is 0 Å². The minimum Gasteiger partial charge on any atom is -0.497 e. The Morgan fingerprint density at radius 3 is 2.47 bits per heavy atom. The van der Waals surface area contributed by atoms with E-state index in [1.54, 1.807) is 19.2 Å². The molecule has 0 heterocycles. The number of carboxylic acids is 1. The molecular formula is C12H16O5. The fraction of sp³-hybridized carbons (Fsp3) is 0.417. The minimum absolute atomic E-state index is 0.00827. The molecule has 0 fully saturated rings. The van der Waals surface area contributed by atoms with E-state index in [0.717, 1.165) is 5.56 Å². The first-order chi connectivity index (χ1) is 7.99. The monoisotopic (exact) mass is 240 g/mol. The zero-order chi connectivity index (χ0) is 13.0. The quantitative estimate of drug-likeness (QED) is 0.803. The second-order valence-corrected chi connectivity index (χ2v) is 3.68. The van der Waals surface area contributed by atoms with E-state index in [-0.39, 0.29) is 6.42 Å². The van der Waals surface area contributed by atoms with Crippen LogP contribution in [0.1, 0.15) is 11.1 Å². The molecule has 17 heavy (non-hydrogen) atoms. The van der Waals surface area contributed by atoms with Crippen LogP contribution in [0.15, 0.2) is 12.1 Å². The smallest absolute Gasteiger partial charge is 0.332 e. The van der Waals surface area contributed by atoms with Crippen LogP contribution >= 0.6 is 0 Å². The number of hydrogen-bond acceptors (Lipinski definition) is 4. The van der Waals surface area contributed by atoms with Gasteiger partial charge in [0.15, 0.2) is 6.10 Å². The van der Waals surface area contributed by atoms with Crippen LogP contribution in [0.3, 0.4) is 0 Å². The summed E-state index contributed by atoms with van der Waals surface area (Å²) in [6.45, 7) is 1.81. The summed E-state index contributed by atoms with van der Waals surface area (Å²) in [4.78, 5) is 10.6. The van der Waals surface area contributed by atoms with Crippen LogP contribution in [-0.2, 0) is 11.2 Å². The van der Waals surface area contributed by atoms with Gasteiger partial charge in [-0.1, -0.05) is 0 Å². The average Bonchev–Trinajstić information content (AvgIpc) is 2.30. The molecule has 0 radical (unpaired) electrons. The Bertz CT molecular complexity index is 414. The Morgan fingerprint density at radius 2 is 2.00 bits per heavy atom. The van der Waals surface area contributed by atoms with Gasteiger partial charge in [-0.15, -0.1) is 0 Å². The number of aliphatic carboxylic acids is 1. The molecule has 0 aliphatic carbocycles. The van der Waals surface area contributed by atoms with Gasteiger partial charge >= 0.3 is 5.97 Å². The number of rotatable bonds is 5. The molecular weight excluding hydrogens is 224 g/mol. The summed E-state index contributed by atoms with van der Waals surface area (Å²) in [5, 5.41) is 18.0. The van der Waals surface area contributed by atoms with Crippen molar-refractivity contribution in [2.75, 3.05) is 14.2 Å². The van der Waals surface area contributed by atoms with Crippen LogP contribution in [0, 0.1) is 6.92 Å². The Morgan fingerprint density at radius 1 is 1.35 bits per heavy atom. The van der Waals surface area contributed by atoms with Crippen molar-refractivity contribution in [3.63, 3.8) is 0 Å². The molecule has 1 rings (SSSR count). The highest BCUT2D eigenvalue weighted by Crippen LogP contribution is 2.29. The van der Waals surface area contributed by atoms with Crippen molar-refractivity contribution in [1.29, 1.82) is 0 Å². The van der Waals surface area contributed by atoms with E-state index in [0.29, 0.717) is 17.1 Å². The summed E-state index contributed by atoms with van der Waals surface area (Å²) in [5.41, 5.74) is 1.49. The number of carboxylic acid groups (broad SMARTS) is 1. The Hall–Kier alpha value is -1.75. The van der Waals surface area contributed by atoms with Crippen molar-refractivity contribution >= 4 is 5.97 Å². The van der Waals surface area contributed by atoms with Crippen molar-refractivity contribution in [1.82, 2.24) is 0 Å². The highest BCUT2D eigenvalue weighted by molar-refractivity contribution is 5.72. The lowest BCUT2D eigenvalue weighted by atomic mass is 10.0. The molecule has 1 aromatic rings. The minimum atomic E-state index is -1.43. The van der Waals surface area contributed by atoms with Gasteiger partial charge in [0.2, 0.25) is 0 Å². The van der Waals surface area contributed by atoms with Gasteiger partial charge < -0.3 is 19.7 Å². The number of carbonyl (C=O) groups is 1. The van der Waals surface area contributed by atoms with Gasteiger partial charge in [0.05, 0.1) is 14.2 Å². The van der Waals surface area contributed by atoms with E-state index in [4.69, 9.17) is 14.6 Å². The molecule has 1 unspecified atom stereocenters.